The molecule has 5 heteroatoms. The summed E-state index contributed by atoms with van der Waals surface area (Å²) in [6, 6.07) is 12.4. The molecule has 1 aromatic heterocycles. The first-order valence-corrected chi connectivity index (χ1v) is 10.2. The summed E-state index contributed by atoms with van der Waals surface area (Å²) in [6.45, 7) is 0. The Balaban J connectivity index is 0.000000437. The van der Waals surface area contributed by atoms with Crippen LogP contribution in [0.3, 0.4) is 0 Å². The molecule has 0 bridgehead atoms. The Morgan fingerprint density at radius 2 is 1.65 bits per heavy atom. The van der Waals surface area contributed by atoms with Crippen LogP contribution in [0.4, 0.5) is 0 Å². The molecule has 1 aromatic carbocycles. The Bertz CT molecular complexity index is 420. The van der Waals surface area contributed by atoms with Crippen LogP contribution in [-0.2, 0) is 17.8 Å². The number of pyridine rings is 1. The normalized spacial score (nSPS) is 9.59. The van der Waals surface area contributed by atoms with E-state index in [1.54, 1.807) is 6.20 Å². The average Bonchev–Trinajstić information content (AvgIpc) is 2.35. The number of nitrogens with zero attached hydrogens (tertiary/aromatic N) is 1. The van der Waals surface area contributed by atoms with E-state index in [-0.39, 0.29) is 0 Å². The van der Waals surface area contributed by atoms with Crippen LogP contribution in [0.1, 0.15) is 11.1 Å². The van der Waals surface area contributed by atoms with Crippen LogP contribution in [0.2, 0.25) is 0 Å². The summed E-state index contributed by atoms with van der Waals surface area (Å²) in [5.74, 6) is 0. The van der Waals surface area contributed by atoms with Gasteiger partial charge in [0.2, 0.25) is 0 Å². The van der Waals surface area contributed by atoms with Crippen LogP contribution in [0.15, 0.2) is 53.3 Å². The van der Waals surface area contributed by atoms with E-state index in [9.17, 15) is 0 Å². The van der Waals surface area contributed by atoms with Gasteiger partial charge in [0.05, 0.1) is 0 Å². The van der Waals surface area contributed by atoms with Crippen molar-refractivity contribution < 1.29 is 11.3 Å². The van der Waals surface area contributed by atoms with E-state index in [2.05, 4.69) is 79.5 Å². The maximum absolute atomic E-state index is 4.09. The van der Waals surface area contributed by atoms with Gasteiger partial charge in [-0.25, -0.2) is 0 Å². The molecule has 95 valence electrons. The molecule has 0 atom stereocenters. The van der Waals surface area contributed by atoms with E-state index < -0.39 is 0 Å². The fourth-order valence-electron chi connectivity index (χ4n) is 1.34. The topological polar surface area (TPSA) is 12.9 Å². The van der Waals surface area contributed by atoms with Crippen molar-refractivity contribution in [2.24, 2.45) is 0 Å². The molecule has 17 heavy (non-hydrogen) atoms. The van der Waals surface area contributed by atoms with Crippen molar-refractivity contribution in [1.82, 2.24) is 4.98 Å². The van der Waals surface area contributed by atoms with Crippen molar-refractivity contribution in [1.29, 1.82) is 0 Å². The minimum absolute atomic E-state index is 0.946. The summed E-state index contributed by atoms with van der Waals surface area (Å²) >= 11 is 10.8. The molecule has 0 fully saturated rings. The maximum atomic E-state index is 4.09. The SMILES string of the molecule is Brc1ccc(Cc2cccnc2)cc1.[Br][Cu][Br]. The zero-order valence-electron chi connectivity index (χ0n) is 8.71. The van der Waals surface area contributed by atoms with Crippen molar-refractivity contribution in [3.05, 3.63) is 64.4 Å². The molecule has 0 aliphatic heterocycles. The predicted octanol–water partition coefficient (Wildman–Crippen LogP) is 5.12. The van der Waals surface area contributed by atoms with Gasteiger partial charge in [0.25, 0.3) is 0 Å². The number of hydrogen-bond acceptors (Lipinski definition) is 1. The molecule has 0 radical (unpaired) electrons. The van der Waals surface area contributed by atoms with Crippen molar-refractivity contribution >= 4 is 44.2 Å². The second kappa shape index (κ2) is 9.28. The van der Waals surface area contributed by atoms with Gasteiger partial charge in [-0.1, -0.05) is 34.1 Å². The first-order valence-electron chi connectivity index (χ1n) is 4.71. The molecule has 0 unspecified atom stereocenters. The summed E-state index contributed by atoms with van der Waals surface area (Å²) < 4.78 is 1.12. The van der Waals surface area contributed by atoms with Gasteiger partial charge < -0.3 is 0 Å². The Hall–Kier alpha value is 0.329. The molecule has 2 rings (SSSR count). The second-order valence-corrected chi connectivity index (χ2v) is 8.88. The van der Waals surface area contributed by atoms with E-state index >= 15 is 0 Å². The van der Waals surface area contributed by atoms with Gasteiger partial charge in [-0.2, -0.15) is 0 Å². The van der Waals surface area contributed by atoms with Gasteiger partial charge in [-0.05, 0) is 35.7 Å². The summed E-state index contributed by atoms with van der Waals surface area (Å²) in [6.07, 6.45) is 4.65. The molecular formula is C12H10Br3CuN. The summed E-state index contributed by atoms with van der Waals surface area (Å²) in [7, 11) is 0. The summed E-state index contributed by atoms with van der Waals surface area (Å²) in [5.41, 5.74) is 2.55. The average molecular weight is 471 g/mol. The second-order valence-electron chi connectivity index (χ2n) is 3.21. The van der Waals surface area contributed by atoms with Gasteiger partial charge in [-0.3, -0.25) is 4.98 Å². The Labute approximate surface area is 130 Å². The first kappa shape index (κ1) is 15.4. The Morgan fingerprint density at radius 3 is 2.18 bits per heavy atom. The molecule has 0 N–H and O–H groups in total. The molecule has 2 aromatic rings. The molecule has 0 aliphatic rings. The van der Waals surface area contributed by atoms with Crippen LogP contribution >= 0.6 is 44.2 Å². The third-order valence-corrected chi connectivity index (χ3v) is 2.57. The fraction of sp³-hybridized carbons (Fsp3) is 0.0833. The Morgan fingerprint density at radius 1 is 1.00 bits per heavy atom. The van der Waals surface area contributed by atoms with Crippen molar-refractivity contribution in [2.45, 2.75) is 6.42 Å². The molecule has 0 spiro atoms. The summed E-state index contributed by atoms with van der Waals surface area (Å²) in [4.78, 5) is 4.09. The molecule has 0 saturated carbocycles. The van der Waals surface area contributed by atoms with E-state index in [1.807, 2.05) is 12.3 Å². The molecule has 1 nitrogen and oxygen atoms in total. The molecular weight excluding hydrogens is 461 g/mol. The van der Waals surface area contributed by atoms with Crippen LogP contribution in [-0.4, -0.2) is 4.98 Å². The van der Waals surface area contributed by atoms with Crippen LogP contribution in [0.25, 0.3) is 0 Å². The fourth-order valence-corrected chi connectivity index (χ4v) is 1.60. The van der Waals surface area contributed by atoms with Gasteiger partial charge in [0.1, 0.15) is 0 Å². The zero-order chi connectivity index (χ0) is 12.5. The van der Waals surface area contributed by atoms with Crippen LogP contribution < -0.4 is 0 Å². The summed E-state index contributed by atoms with van der Waals surface area (Å²) in [5, 5.41) is 0. The third-order valence-electron chi connectivity index (χ3n) is 2.04. The monoisotopic (exact) mass is 468 g/mol. The molecule has 0 aliphatic carbocycles. The molecule has 1 heterocycles. The number of halogens is 3. The zero-order valence-corrected chi connectivity index (χ0v) is 14.4. The van der Waals surface area contributed by atoms with E-state index in [0.29, 0.717) is 0 Å². The number of rotatable bonds is 2. The van der Waals surface area contributed by atoms with E-state index in [0.717, 1.165) is 10.9 Å². The first-order chi connectivity index (χ1) is 8.26. The van der Waals surface area contributed by atoms with Crippen molar-refractivity contribution in [3.8, 4) is 0 Å². The number of benzene rings is 1. The third kappa shape index (κ3) is 6.72. The van der Waals surface area contributed by atoms with Gasteiger partial charge in [-0.15, -0.1) is 0 Å². The van der Waals surface area contributed by atoms with Gasteiger partial charge in [0.15, 0.2) is 0 Å². The van der Waals surface area contributed by atoms with Gasteiger partial charge >= 0.3 is 39.6 Å². The number of hydrogen-bond donors (Lipinski definition) is 0. The molecule has 0 amide bonds. The van der Waals surface area contributed by atoms with Crippen molar-refractivity contribution in [2.75, 3.05) is 0 Å². The Kier molecular flexibility index (Phi) is 8.40. The van der Waals surface area contributed by atoms with Gasteiger partial charge in [0, 0.05) is 16.9 Å². The molecule has 0 saturated heterocycles. The standard InChI is InChI=1S/C12H10BrN.2BrH.Cu/c13-12-5-3-10(4-6-12)8-11-2-1-7-14-9-11;;;/h1-7,9H,8H2;2*1H;/q;;;+2/p-2. The van der Waals surface area contributed by atoms with E-state index in [1.165, 1.54) is 22.5 Å². The minimum atomic E-state index is 0.946. The van der Waals surface area contributed by atoms with Crippen LogP contribution in [0, 0.1) is 0 Å². The predicted molar refractivity (Wildman–Crippen MR) is 79.0 cm³/mol. The van der Waals surface area contributed by atoms with E-state index in [4.69, 9.17) is 0 Å². The van der Waals surface area contributed by atoms with Crippen LogP contribution in [0.5, 0.6) is 0 Å². The quantitative estimate of drug-likeness (QED) is 0.554. The number of aromatic nitrogens is 1. The van der Waals surface area contributed by atoms with Crippen molar-refractivity contribution in [3.63, 3.8) is 0 Å².